The molecule has 4 nitrogen and oxygen atoms in total. The van der Waals surface area contributed by atoms with E-state index in [0.717, 1.165) is 0 Å². The summed E-state index contributed by atoms with van der Waals surface area (Å²) in [5.74, 6) is -0.378. The number of amides is 1. The molecule has 1 aromatic heterocycles. The third kappa shape index (κ3) is 4.10. The average molecular weight is 408 g/mol. The van der Waals surface area contributed by atoms with Crippen LogP contribution in [0.1, 0.15) is 15.9 Å². The van der Waals surface area contributed by atoms with Gasteiger partial charge in [0.15, 0.2) is 0 Å². The SMILES string of the molecule is O=C(Nc1ccccc1)c1cc(Cl)c(=O)n(Cc2c(Cl)cccc2Cl)c1. The number of halogens is 3. The maximum atomic E-state index is 12.5. The molecule has 0 bridgehead atoms. The largest absolute Gasteiger partial charge is 0.322 e. The van der Waals surface area contributed by atoms with Crippen molar-refractivity contribution in [1.29, 1.82) is 0 Å². The van der Waals surface area contributed by atoms with Gasteiger partial charge in [0.1, 0.15) is 5.02 Å². The van der Waals surface area contributed by atoms with Gasteiger partial charge in [0, 0.05) is 27.5 Å². The van der Waals surface area contributed by atoms with Crippen molar-refractivity contribution in [2.45, 2.75) is 6.54 Å². The fraction of sp³-hybridized carbons (Fsp3) is 0.0526. The number of hydrogen-bond acceptors (Lipinski definition) is 2. The van der Waals surface area contributed by atoms with Crippen molar-refractivity contribution in [3.8, 4) is 0 Å². The molecular weight excluding hydrogens is 395 g/mol. The lowest BCUT2D eigenvalue weighted by atomic mass is 10.2. The van der Waals surface area contributed by atoms with Crippen LogP contribution in [0, 0.1) is 0 Å². The van der Waals surface area contributed by atoms with E-state index in [9.17, 15) is 9.59 Å². The molecule has 0 aliphatic heterocycles. The summed E-state index contributed by atoms with van der Waals surface area (Å²) in [6, 6.07) is 15.4. The van der Waals surface area contributed by atoms with Crippen molar-refractivity contribution in [2.24, 2.45) is 0 Å². The number of hydrogen-bond donors (Lipinski definition) is 1. The van der Waals surface area contributed by atoms with E-state index >= 15 is 0 Å². The lowest BCUT2D eigenvalue weighted by molar-refractivity contribution is 0.102. The monoisotopic (exact) mass is 406 g/mol. The molecule has 0 atom stereocenters. The normalized spacial score (nSPS) is 10.6. The van der Waals surface area contributed by atoms with E-state index in [1.807, 2.05) is 18.2 Å². The van der Waals surface area contributed by atoms with Crippen molar-refractivity contribution in [3.63, 3.8) is 0 Å². The van der Waals surface area contributed by atoms with Crippen molar-refractivity contribution >= 4 is 46.4 Å². The summed E-state index contributed by atoms with van der Waals surface area (Å²) < 4.78 is 1.31. The van der Waals surface area contributed by atoms with E-state index in [0.29, 0.717) is 21.3 Å². The molecule has 0 unspecified atom stereocenters. The van der Waals surface area contributed by atoms with Gasteiger partial charge in [0.25, 0.3) is 11.5 Å². The molecule has 7 heteroatoms. The van der Waals surface area contributed by atoms with Gasteiger partial charge in [-0.15, -0.1) is 0 Å². The summed E-state index contributed by atoms with van der Waals surface area (Å²) in [7, 11) is 0. The molecule has 3 rings (SSSR count). The number of aromatic nitrogens is 1. The highest BCUT2D eigenvalue weighted by atomic mass is 35.5. The Hall–Kier alpha value is -2.27. The van der Waals surface area contributed by atoms with Crippen LogP contribution in [0.25, 0.3) is 0 Å². The number of anilines is 1. The zero-order valence-electron chi connectivity index (χ0n) is 13.4. The van der Waals surface area contributed by atoms with Gasteiger partial charge in [-0.3, -0.25) is 9.59 Å². The van der Waals surface area contributed by atoms with Crippen molar-refractivity contribution in [2.75, 3.05) is 5.32 Å². The Bertz CT molecular complexity index is 997. The van der Waals surface area contributed by atoms with E-state index < -0.39 is 5.56 Å². The van der Waals surface area contributed by atoms with Crippen molar-refractivity contribution in [1.82, 2.24) is 4.57 Å². The first-order valence-corrected chi connectivity index (χ1v) is 8.78. The predicted octanol–water partition coefficient (Wildman–Crippen LogP) is 5.11. The van der Waals surface area contributed by atoms with Crippen LogP contribution in [0.2, 0.25) is 15.1 Å². The van der Waals surface area contributed by atoms with Crippen LogP contribution in [0.5, 0.6) is 0 Å². The van der Waals surface area contributed by atoms with E-state index in [4.69, 9.17) is 34.8 Å². The molecule has 0 aliphatic rings. The van der Waals surface area contributed by atoms with Crippen LogP contribution >= 0.6 is 34.8 Å². The van der Waals surface area contributed by atoms with Gasteiger partial charge >= 0.3 is 0 Å². The van der Waals surface area contributed by atoms with Gasteiger partial charge in [-0.05, 0) is 30.3 Å². The number of nitrogens with one attached hydrogen (secondary N) is 1. The second-order valence-corrected chi connectivity index (χ2v) is 6.75. The smallest absolute Gasteiger partial charge is 0.269 e. The topological polar surface area (TPSA) is 51.1 Å². The molecule has 0 saturated heterocycles. The molecule has 0 fully saturated rings. The van der Waals surface area contributed by atoms with Crippen LogP contribution in [0.3, 0.4) is 0 Å². The Labute approximate surface area is 164 Å². The first kappa shape index (κ1) is 18.5. The van der Waals surface area contributed by atoms with E-state index in [1.54, 1.807) is 30.3 Å². The minimum atomic E-state index is -0.432. The minimum Gasteiger partial charge on any atom is -0.322 e. The quantitative estimate of drug-likeness (QED) is 0.653. The van der Waals surface area contributed by atoms with Gasteiger partial charge in [0.2, 0.25) is 0 Å². The Morgan fingerprint density at radius 1 is 0.923 bits per heavy atom. The lowest BCUT2D eigenvalue weighted by Crippen LogP contribution is -2.24. The molecule has 3 aromatic rings. The van der Waals surface area contributed by atoms with Gasteiger partial charge in [-0.2, -0.15) is 0 Å². The highest BCUT2D eigenvalue weighted by molar-refractivity contribution is 6.36. The van der Waals surface area contributed by atoms with Crippen LogP contribution in [-0.2, 0) is 6.54 Å². The van der Waals surface area contributed by atoms with Gasteiger partial charge in [-0.25, -0.2) is 0 Å². The van der Waals surface area contributed by atoms with Crippen molar-refractivity contribution < 1.29 is 4.79 Å². The van der Waals surface area contributed by atoms with Crippen molar-refractivity contribution in [3.05, 3.63) is 97.3 Å². The zero-order valence-corrected chi connectivity index (χ0v) is 15.6. The minimum absolute atomic E-state index is 0.0612. The van der Waals surface area contributed by atoms with Gasteiger partial charge < -0.3 is 9.88 Å². The third-order valence-corrected chi connectivity index (χ3v) is 4.71. The molecular formula is C19H13Cl3N2O2. The van der Waals surface area contributed by atoms with Crippen LogP contribution in [0.4, 0.5) is 5.69 Å². The number of nitrogens with zero attached hydrogens (tertiary/aromatic N) is 1. The van der Waals surface area contributed by atoms with Crippen LogP contribution in [0.15, 0.2) is 65.6 Å². The summed E-state index contributed by atoms with van der Waals surface area (Å²) >= 11 is 18.4. The molecule has 1 N–H and O–H groups in total. The second-order valence-electron chi connectivity index (χ2n) is 5.53. The Morgan fingerprint density at radius 3 is 2.23 bits per heavy atom. The maximum Gasteiger partial charge on any atom is 0.269 e. The predicted molar refractivity (Wildman–Crippen MR) is 106 cm³/mol. The van der Waals surface area contributed by atoms with Gasteiger partial charge in [-0.1, -0.05) is 59.1 Å². The number of carbonyl (C=O) groups is 1. The lowest BCUT2D eigenvalue weighted by Gasteiger charge is -2.12. The molecule has 26 heavy (non-hydrogen) atoms. The highest BCUT2D eigenvalue weighted by Gasteiger charge is 2.14. The Morgan fingerprint density at radius 2 is 1.58 bits per heavy atom. The molecule has 0 spiro atoms. The summed E-state index contributed by atoms with van der Waals surface area (Å²) in [5, 5.41) is 3.55. The van der Waals surface area contributed by atoms with Crippen LogP contribution in [-0.4, -0.2) is 10.5 Å². The Kier molecular flexibility index (Phi) is 5.67. The number of rotatable bonds is 4. The molecule has 1 heterocycles. The van der Waals surface area contributed by atoms with Gasteiger partial charge in [0.05, 0.1) is 12.1 Å². The molecule has 1 amide bonds. The molecule has 0 saturated carbocycles. The summed E-state index contributed by atoms with van der Waals surface area (Å²) in [6.45, 7) is 0.101. The number of benzene rings is 2. The number of carbonyl (C=O) groups excluding carboxylic acids is 1. The zero-order chi connectivity index (χ0) is 18.7. The average Bonchev–Trinajstić information content (AvgIpc) is 2.62. The van der Waals surface area contributed by atoms with E-state index in [-0.39, 0.29) is 23.0 Å². The fourth-order valence-corrected chi connectivity index (χ4v) is 3.16. The van der Waals surface area contributed by atoms with E-state index in [1.165, 1.54) is 16.8 Å². The summed E-state index contributed by atoms with van der Waals surface area (Å²) in [6.07, 6.45) is 1.44. The first-order chi connectivity index (χ1) is 12.5. The molecule has 0 aliphatic carbocycles. The van der Waals surface area contributed by atoms with E-state index in [2.05, 4.69) is 5.32 Å². The molecule has 2 aromatic carbocycles. The third-order valence-electron chi connectivity index (χ3n) is 3.73. The maximum absolute atomic E-state index is 12.5. The molecule has 132 valence electrons. The number of para-hydroxylation sites is 1. The highest BCUT2D eigenvalue weighted by Crippen LogP contribution is 2.25. The van der Waals surface area contributed by atoms with Crippen LogP contribution < -0.4 is 10.9 Å². The standard InChI is InChI=1S/C19H13Cl3N2O2/c20-15-7-4-8-16(21)14(15)11-24-10-12(9-17(22)19(24)26)18(25)23-13-5-2-1-3-6-13/h1-10H,11H2,(H,23,25). The summed E-state index contributed by atoms with van der Waals surface area (Å²) in [5.41, 5.74) is 1.04. The Balaban J connectivity index is 1.95. The first-order valence-electron chi connectivity index (χ1n) is 7.65. The number of pyridine rings is 1. The second kappa shape index (κ2) is 7.96. The fourth-order valence-electron chi connectivity index (χ4n) is 2.42. The molecule has 0 radical (unpaired) electrons. The summed E-state index contributed by atoms with van der Waals surface area (Å²) in [4.78, 5) is 24.8.